The van der Waals surface area contributed by atoms with Crippen LogP contribution >= 0.6 is 11.5 Å². The summed E-state index contributed by atoms with van der Waals surface area (Å²) in [6.07, 6.45) is 0. The lowest BCUT2D eigenvalue weighted by Gasteiger charge is -2.02. The molecular formula is C11H9NO3S. The van der Waals surface area contributed by atoms with Crippen molar-refractivity contribution in [1.29, 1.82) is 0 Å². The highest BCUT2D eigenvalue weighted by Crippen LogP contribution is 2.30. The summed E-state index contributed by atoms with van der Waals surface area (Å²) in [6.45, 7) is 0. The summed E-state index contributed by atoms with van der Waals surface area (Å²) < 4.78 is 9.15. The molecule has 0 bridgehead atoms. The molecule has 0 aliphatic rings. The summed E-state index contributed by atoms with van der Waals surface area (Å²) in [5, 5.41) is 10.7. The fourth-order valence-corrected chi connectivity index (χ4v) is 2.05. The number of nitrogens with zero attached hydrogens (tertiary/aromatic N) is 1. The molecule has 0 spiro atoms. The molecule has 0 saturated heterocycles. The van der Waals surface area contributed by atoms with Gasteiger partial charge in [-0.15, -0.1) is 0 Å². The van der Waals surface area contributed by atoms with E-state index >= 15 is 0 Å². The van der Waals surface area contributed by atoms with Gasteiger partial charge in [0.1, 0.15) is 0 Å². The molecule has 82 valence electrons. The van der Waals surface area contributed by atoms with Gasteiger partial charge in [0, 0.05) is 5.38 Å². The first-order chi connectivity index (χ1) is 7.72. The Bertz CT molecular complexity index is 521. The van der Waals surface area contributed by atoms with E-state index in [9.17, 15) is 4.79 Å². The molecular weight excluding hydrogens is 226 g/mol. The molecule has 0 atom stereocenters. The average molecular weight is 235 g/mol. The summed E-state index contributed by atoms with van der Waals surface area (Å²) in [4.78, 5) is 10.8. The van der Waals surface area contributed by atoms with Crippen molar-refractivity contribution < 1.29 is 14.6 Å². The Morgan fingerprint density at radius 3 is 3.00 bits per heavy atom. The van der Waals surface area contributed by atoms with Crippen LogP contribution in [0.4, 0.5) is 0 Å². The zero-order chi connectivity index (χ0) is 11.5. The summed E-state index contributed by atoms with van der Waals surface area (Å²) in [5.74, 6) is -0.420. The van der Waals surface area contributed by atoms with Crippen LogP contribution in [0.3, 0.4) is 0 Å². The number of aromatic carboxylic acids is 1. The molecule has 4 nitrogen and oxygen atoms in total. The van der Waals surface area contributed by atoms with Crippen molar-refractivity contribution in [3.8, 4) is 17.0 Å². The largest absolute Gasteiger partial charge is 0.480 e. The summed E-state index contributed by atoms with van der Waals surface area (Å²) in [7, 11) is 1.54. The second-order valence-electron chi connectivity index (χ2n) is 3.12. The first kappa shape index (κ1) is 10.6. The van der Waals surface area contributed by atoms with Crippen LogP contribution in [0, 0.1) is 0 Å². The highest BCUT2D eigenvalue weighted by molar-refractivity contribution is 7.04. The molecule has 16 heavy (non-hydrogen) atoms. The zero-order valence-electron chi connectivity index (χ0n) is 8.51. The Hall–Kier alpha value is -1.88. The van der Waals surface area contributed by atoms with Gasteiger partial charge in [-0.3, -0.25) is 0 Å². The van der Waals surface area contributed by atoms with Gasteiger partial charge in [-0.05, 0) is 29.2 Å². The number of carboxylic acids is 1. The first-order valence-corrected chi connectivity index (χ1v) is 5.38. The number of methoxy groups -OCH3 is 1. The Morgan fingerprint density at radius 2 is 2.31 bits per heavy atom. The van der Waals surface area contributed by atoms with Crippen LogP contribution in [0.15, 0.2) is 29.6 Å². The number of hydrogen-bond donors (Lipinski definition) is 1. The van der Waals surface area contributed by atoms with Gasteiger partial charge in [0.2, 0.25) is 5.88 Å². The van der Waals surface area contributed by atoms with Crippen LogP contribution in [-0.4, -0.2) is 22.6 Å². The molecule has 0 fully saturated rings. The van der Waals surface area contributed by atoms with Gasteiger partial charge in [0.15, 0.2) is 0 Å². The fourth-order valence-electron chi connectivity index (χ4n) is 1.39. The van der Waals surface area contributed by atoms with E-state index in [0.29, 0.717) is 5.88 Å². The van der Waals surface area contributed by atoms with Crippen LogP contribution in [0.25, 0.3) is 11.1 Å². The van der Waals surface area contributed by atoms with Crippen LogP contribution in [-0.2, 0) is 0 Å². The minimum Gasteiger partial charge on any atom is -0.480 e. The van der Waals surface area contributed by atoms with Crippen LogP contribution < -0.4 is 4.74 Å². The molecule has 5 heteroatoms. The molecule has 0 aliphatic carbocycles. The number of ether oxygens (including phenoxy) is 1. The molecule has 1 aromatic heterocycles. The normalized spacial score (nSPS) is 10.1. The fraction of sp³-hybridized carbons (Fsp3) is 0.0909. The van der Waals surface area contributed by atoms with Gasteiger partial charge in [-0.25, -0.2) is 4.79 Å². The highest BCUT2D eigenvalue weighted by Gasteiger charge is 2.10. The van der Waals surface area contributed by atoms with Gasteiger partial charge in [-0.2, -0.15) is 4.37 Å². The maximum Gasteiger partial charge on any atom is 0.335 e. The van der Waals surface area contributed by atoms with Gasteiger partial charge in [0.05, 0.1) is 18.2 Å². The minimum atomic E-state index is -0.941. The number of aromatic nitrogens is 1. The van der Waals surface area contributed by atoms with E-state index in [1.54, 1.807) is 25.3 Å². The second kappa shape index (κ2) is 4.32. The van der Waals surface area contributed by atoms with Gasteiger partial charge in [-0.1, -0.05) is 12.1 Å². The molecule has 0 saturated carbocycles. The molecule has 2 aromatic rings. The Labute approximate surface area is 96.3 Å². The summed E-state index contributed by atoms with van der Waals surface area (Å²) in [5.41, 5.74) is 1.87. The van der Waals surface area contributed by atoms with Crippen molar-refractivity contribution >= 4 is 17.5 Å². The van der Waals surface area contributed by atoms with E-state index in [0.717, 1.165) is 11.1 Å². The molecule has 2 rings (SSSR count). The Morgan fingerprint density at radius 1 is 1.50 bits per heavy atom. The van der Waals surface area contributed by atoms with Crippen molar-refractivity contribution in [3.05, 3.63) is 35.2 Å². The molecule has 1 N–H and O–H groups in total. The van der Waals surface area contributed by atoms with Crippen LogP contribution in [0.1, 0.15) is 10.4 Å². The molecule has 0 unspecified atom stereocenters. The lowest BCUT2D eigenvalue weighted by atomic mass is 10.1. The monoisotopic (exact) mass is 235 g/mol. The summed E-state index contributed by atoms with van der Waals surface area (Å²) >= 11 is 1.28. The number of carboxylic acid groups (broad SMARTS) is 1. The Kier molecular flexibility index (Phi) is 2.87. The van der Waals surface area contributed by atoms with Gasteiger partial charge in [0.25, 0.3) is 0 Å². The van der Waals surface area contributed by atoms with E-state index in [-0.39, 0.29) is 5.56 Å². The van der Waals surface area contributed by atoms with Gasteiger partial charge >= 0.3 is 5.97 Å². The van der Waals surface area contributed by atoms with Crippen molar-refractivity contribution in [2.75, 3.05) is 7.11 Å². The zero-order valence-corrected chi connectivity index (χ0v) is 9.32. The number of rotatable bonds is 3. The predicted octanol–water partition coefficient (Wildman–Crippen LogP) is 2.52. The highest BCUT2D eigenvalue weighted by atomic mass is 32.1. The summed E-state index contributed by atoms with van der Waals surface area (Å²) in [6, 6.07) is 6.70. The van der Waals surface area contributed by atoms with Crippen molar-refractivity contribution in [3.63, 3.8) is 0 Å². The number of benzene rings is 1. The van der Waals surface area contributed by atoms with Crippen molar-refractivity contribution in [1.82, 2.24) is 4.37 Å². The van der Waals surface area contributed by atoms with E-state index in [4.69, 9.17) is 9.84 Å². The quantitative estimate of drug-likeness (QED) is 0.888. The van der Waals surface area contributed by atoms with E-state index in [2.05, 4.69) is 4.37 Å². The molecule has 1 aromatic carbocycles. The SMILES string of the molecule is COc1nscc1-c1cccc(C(=O)O)c1. The third-order valence-electron chi connectivity index (χ3n) is 2.15. The maximum absolute atomic E-state index is 10.8. The predicted molar refractivity (Wildman–Crippen MR) is 61.1 cm³/mol. The molecule has 0 amide bonds. The standard InChI is InChI=1S/C11H9NO3S/c1-15-10-9(6-16-12-10)7-3-2-4-8(5-7)11(13)14/h2-6H,1H3,(H,13,14). The topological polar surface area (TPSA) is 59.4 Å². The molecule has 1 heterocycles. The Balaban J connectivity index is 2.48. The lowest BCUT2D eigenvalue weighted by molar-refractivity contribution is 0.0697. The maximum atomic E-state index is 10.8. The lowest BCUT2D eigenvalue weighted by Crippen LogP contribution is -1.95. The van der Waals surface area contributed by atoms with Crippen LogP contribution in [0.5, 0.6) is 5.88 Å². The number of carbonyl (C=O) groups is 1. The third-order valence-corrected chi connectivity index (χ3v) is 2.76. The first-order valence-electron chi connectivity index (χ1n) is 4.54. The third kappa shape index (κ3) is 1.90. The average Bonchev–Trinajstić information content (AvgIpc) is 2.77. The van der Waals surface area contributed by atoms with Gasteiger partial charge < -0.3 is 9.84 Å². The molecule has 0 radical (unpaired) electrons. The van der Waals surface area contributed by atoms with Crippen molar-refractivity contribution in [2.45, 2.75) is 0 Å². The van der Waals surface area contributed by atoms with E-state index < -0.39 is 5.97 Å². The second-order valence-corrected chi connectivity index (χ2v) is 3.75. The van der Waals surface area contributed by atoms with E-state index in [1.165, 1.54) is 11.5 Å². The number of hydrogen-bond acceptors (Lipinski definition) is 4. The smallest absolute Gasteiger partial charge is 0.335 e. The molecule has 0 aliphatic heterocycles. The van der Waals surface area contributed by atoms with E-state index in [1.807, 2.05) is 11.4 Å². The van der Waals surface area contributed by atoms with Crippen LogP contribution in [0.2, 0.25) is 0 Å². The minimum absolute atomic E-state index is 0.255. The van der Waals surface area contributed by atoms with Crippen molar-refractivity contribution in [2.24, 2.45) is 0 Å².